The first-order valence-corrected chi connectivity index (χ1v) is 10.5. The summed E-state index contributed by atoms with van der Waals surface area (Å²) < 4.78 is 5.10. The molecule has 2 rings (SSSR count). The molecule has 1 amide bonds. The minimum atomic E-state index is -0.209. The van der Waals surface area contributed by atoms with Gasteiger partial charge in [-0.05, 0) is 27.3 Å². The van der Waals surface area contributed by atoms with E-state index >= 15 is 0 Å². The van der Waals surface area contributed by atoms with E-state index in [0.29, 0.717) is 25.7 Å². The molecule has 0 radical (unpaired) electrons. The Morgan fingerprint density at radius 1 is 1.00 bits per heavy atom. The molecule has 2 heterocycles. The number of piperazine rings is 2. The molecule has 2 fully saturated rings. The molecule has 1 unspecified atom stereocenters. The van der Waals surface area contributed by atoms with Crippen LogP contribution >= 0.6 is 0 Å². The Bertz CT molecular complexity index is 471. The van der Waals surface area contributed by atoms with Crippen LogP contribution in [0.5, 0.6) is 0 Å². The third kappa shape index (κ3) is 6.53. The number of aliphatic imine (C=N–C) groups is 1. The number of hydrogen-bond donors (Lipinski definition) is 1. The fraction of sp³-hybridized carbons (Fsp3) is 0.895. The van der Waals surface area contributed by atoms with Crippen molar-refractivity contribution in [2.75, 3.05) is 78.6 Å². The van der Waals surface area contributed by atoms with Gasteiger partial charge in [-0.3, -0.25) is 9.89 Å². The van der Waals surface area contributed by atoms with E-state index in [9.17, 15) is 4.79 Å². The van der Waals surface area contributed by atoms with E-state index in [4.69, 9.17) is 9.73 Å². The third-order valence-electron chi connectivity index (χ3n) is 5.42. The summed E-state index contributed by atoms with van der Waals surface area (Å²) in [5.74, 6) is 0.958. The Morgan fingerprint density at radius 3 is 2.19 bits per heavy atom. The maximum atomic E-state index is 11.9. The van der Waals surface area contributed by atoms with E-state index in [0.717, 1.165) is 64.9 Å². The lowest BCUT2D eigenvalue weighted by Gasteiger charge is -2.38. The predicted octanol–water partition coefficient (Wildman–Crippen LogP) is 0.752. The van der Waals surface area contributed by atoms with E-state index in [-0.39, 0.29) is 6.09 Å². The maximum Gasteiger partial charge on any atom is 0.409 e. The molecule has 0 spiro atoms. The largest absolute Gasteiger partial charge is 0.450 e. The zero-order chi connectivity index (χ0) is 19.6. The van der Waals surface area contributed by atoms with Gasteiger partial charge in [-0.15, -0.1) is 0 Å². The van der Waals surface area contributed by atoms with Gasteiger partial charge in [0, 0.05) is 64.9 Å². The van der Waals surface area contributed by atoms with E-state index in [1.807, 2.05) is 6.92 Å². The lowest BCUT2D eigenvalue weighted by Crippen LogP contribution is -2.54. The Hall–Kier alpha value is -1.54. The third-order valence-corrected chi connectivity index (χ3v) is 5.42. The number of nitrogens with one attached hydrogen (secondary N) is 1. The summed E-state index contributed by atoms with van der Waals surface area (Å²) in [6, 6.07) is 0.443. The molecule has 2 aliphatic rings. The Kier molecular flexibility index (Phi) is 9.14. The SMILES string of the molecule is CCNC(=NCC(C)N1CCN(CC)CC1)N1CCN(C(=O)OCC)CC1. The van der Waals surface area contributed by atoms with Crippen molar-refractivity contribution in [3.8, 4) is 0 Å². The normalized spacial score (nSPS) is 21.3. The minimum Gasteiger partial charge on any atom is -0.450 e. The van der Waals surface area contributed by atoms with Gasteiger partial charge in [-0.25, -0.2) is 4.79 Å². The second-order valence-corrected chi connectivity index (χ2v) is 7.19. The topological polar surface area (TPSA) is 63.7 Å². The van der Waals surface area contributed by atoms with Crippen LogP contribution in [0.15, 0.2) is 4.99 Å². The quantitative estimate of drug-likeness (QED) is 0.540. The molecule has 8 nitrogen and oxygen atoms in total. The standard InChI is InChI=1S/C19H38N6O2/c1-5-20-18(24-12-14-25(15-13-24)19(26)27-7-3)21-16-17(4)23-10-8-22(6-2)9-11-23/h17H,5-16H2,1-4H3,(H,20,21). The van der Waals surface area contributed by atoms with Gasteiger partial charge in [0.2, 0.25) is 0 Å². The summed E-state index contributed by atoms with van der Waals surface area (Å²) >= 11 is 0. The molecule has 1 N–H and O–H groups in total. The van der Waals surface area contributed by atoms with E-state index < -0.39 is 0 Å². The molecule has 0 saturated carbocycles. The number of ether oxygens (including phenoxy) is 1. The van der Waals surface area contributed by atoms with Crippen LogP contribution in [-0.4, -0.2) is 116 Å². The fourth-order valence-corrected chi connectivity index (χ4v) is 3.60. The van der Waals surface area contributed by atoms with Gasteiger partial charge in [0.1, 0.15) is 0 Å². The van der Waals surface area contributed by atoms with Crippen molar-refractivity contribution in [2.45, 2.75) is 33.7 Å². The van der Waals surface area contributed by atoms with Crippen LogP contribution in [0.1, 0.15) is 27.7 Å². The summed E-state index contributed by atoms with van der Waals surface area (Å²) in [5.41, 5.74) is 0. The number of carbonyl (C=O) groups excluding carboxylic acids is 1. The van der Waals surface area contributed by atoms with Crippen molar-refractivity contribution in [1.29, 1.82) is 0 Å². The summed E-state index contributed by atoms with van der Waals surface area (Å²) in [5, 5.41) is 3.41. The Labute approximate surface area is 164 Å². The van der Waals surface area contributed by atoms with Crippen molar-refractivity contribution in [2.24, 2.45) is 4.99 Å². The molecule has 0 bridgehead atoms. The Balaban J connectivity index is 1.84. The van der Waals surface area contributed by atoms with Gasteiger partial charge >= 0.3 is 6.09 Å². The molecule has 2 saturated heterocycles. The Morgan fingerprint density at radius 2 is 1.63 bits per heavy atom. The molecule has 1 atom stereocenters. The monoisotopic (exact) mass is 382 g/mol. The zero-order valence-corrected chi connectivity index (χ0v) is 17.6. The van der Waals surface area contributed by atoms with Crippen LogP contribution in [0.25, 0.3) is 0 Å². The minimum absolute atomic E-state index is 0.209. The van der Waals surface area contributed by atoms with E-state index in [1.54, 1.807) is 4.90 Å². The molecule has 8 heteroatoms. The molecule has 0 aromatic carbocycles. The highest BCUT2D eigenvalue weighted by molar-refractivity contribution is 5.80. The van der Waals surface area contributed by atoms with Gasteiger partial charge < -0.3 is 24.8 Å². The number of hydrogen-bond acceptors (Lipinski definition) is 5. The van der Waals surface area contributed by atoms with Gasteiger partial charge in [0.15, 0.2) is 5.96 Å². The zero-order valence-electron chi connectivity index (χ0n) is 17.6. The maximum absolute atomic E-state index is 11.9. The predicted molar refractivity (Wildman–Crippen MR) is 109 cm³/mol. The van der Waals surface area contributed by atoms with Crippen LogP contribution in [0.3, 0.4) is 0 Å². The molecule has 156 valence electrons. The van der Waals surface area contributed by atoms with Crippen molar-refractivity contribution in [3.63, 3.8) is 0 Å². The van der Waals surface area contributed by atoms with E-state index in [2.05, 4.69) is 40.8 Å². The molecule has 0 aromatic heterocycles. The molecule has 0 aliphatic carbocycles. The van der Waals surface area contributed by atoms with Crippen LogP contribution in [0.2, 0.25) is 0 Å². The second-order valence-electron chi connectivity index (χ2n) is 7.19. The number of rotatable bonds is 6. The number of nitrogens with zero attached hydrogens (tertiary/aromatic N) is 5. The summed E-state index contributed by atoms with van der Waals surface area (Å²) in [4.78, 5) is 25.8. The second kappa shape index (κ2) is 11.3. The molecular formula is C19H38N6O2. The molecular weight excluding hydrogens is 344 g/mol. The van der Waals surface area contributed by atoms with Gasteiger partial charge in [-0.2, -0.15) is 0 Å². The van der Waals surface area contributed by atoms with Gasteiger partial charge in [0.25, 0.3) is 0 Å². The fourth-order valence-electron chi connectivity index (χ4n) is 3.60. The first-order chi connectivity index (χ1) is 13.1. The van der Waals surface area contributed by atoms with Gasteiger partial charge in [-0.1, -0.05) is 6.92 Å². The van der Waals surface area contributed by atoms with Crippen molar-refractivity contribution in [1.82, 2.24) is 24.9 Å². The van der Waals surface area contributed by atoms with Crippen LogP contribution in [0.4, 0.5) is 4.79 Å². The van der Waals surface area contributed by atoms with Gasteiger partial charge in [0.05, 0.1) is 13.2 Å². The lowest BCUT2D eigenvalue weighted by molar-refractivity contribution is 0.0912. The highest BCUT2D eigenvalue weighted by atomic mass is 16.6. The highest BCUT2D eigenvalue weighted by Crippen LogP contribution is 2.08. The van der Waals surface area contributed by atoms with E-state index in [1.165, 1.54) is 0 Å². The molecule has 2 aliphatic heterocycles. The number of likely N-dealkylation sites (N-methyl/N-ethyl adjacent to an activating group) is 1. The smallest absolute Gasteiger partial charge is 0.409 e. The van der Waals surface area contributed by atoms with Crippen molar-refractivity contribution >= 4 is 12.1 Å². The average Bonchev–Trinajstić information content (AvgIpc) is 2.71. The molecule has 0 aromatic rings. The number of carbonyl (C=O) groups is 1. The average molecular weight is 383 g/mol. The summed E-state index contributed by atoms with van der Waals surface area (Å²) in [6.45, 7) is 19.1. The lowest BCUT2D eigenvalue weighted by atomic mass is 10.2. The van der Waals surface area contributed by atoms with Crippen LogP contribution in [0, 0.1) is 0 Å². The van der Waals surface area contributed by atoms with Crippen LogP contribution < -0.4 is 5.32 Å². The molecule has 27 heavy (non-hydrogen) atoms. The number of guanidine groups is 1. The number of amides is 1. The first kappa shape index (κ1) is 21.8. The first-order valence-electron chi connectivity index (χ1n) is 10.5. The summed E-state index contributed by atoms with van der Waals surface area (Å²) in [7, 11) is 0. The van der Waals surface area contributed by atoms with Crippen LogP contribution in [-0.2, 0) is 4.74 Å². The summed E-state index contributed by atoms with van der Waals surface area (Å²) in [6.07, 6.45) is -0.209. The van der Waals surface area contributed by atoms with Crippen molar-refractivity contribution < 1.29 is 9.53 Å². The van der Waals surface area contributed by atoms with Crippen molar-refractivity contribution in [3.05, 3.63) is 0 Å². The highest BCUT2D eigenvalue weighted by Gasteiger charge is 2.24.